The fourth-order valence-corrected chi connectivity index (χ4v) is 3.35. The molecule has 0 aromatic heterocycles. The summed E-state index contributed by atoms with van der Waals surface area (Å²) in [6.07, 6.45) is -4.00. The van der Waals surface area contributed by atoms with Crippen LogP contribution in [-0.2, 0) is 15.8 Å². The number of rotatable bonds is 4. The van der Waals surface area contributed by atoms with Gasteiger partial charge in [0.25, 0.3) is 0 Å². The molecule has 1 fully saturated rings. The Morgan fingerprint density at radius 2 is 1.39 bits per heavy atom. The highest BCUT2D eigenvalue weighted by atomic mass is 19.4. The van der Waals surface area contributed by atoms with Gasteiger partial charge in [0, 0.05) is 11.4 Å². The van der Waals surface area contributed by atoms with Crippen molar-refractivity contribution in [1.82, 2.24) is 0 Å². The Hall–Kier alpha value is -2.83. The first-order valence-corrected chi connectivity index (χ1v) is 8.93. The van der Waals surface area contributed by atoms with Crippen LogP contribution in [0.25, 0.3) is 0 Å². The molecule has 0 saturated heterocycles. The molecule has 0 bridgehead atoms. The fraction of sp³-hybridized carbons (Fsp3) is 0.333. The standard InChI is InChI=1S/C21H21F3N2O2/c1-11-8-12(2)18(13(3)9-11)26-20(28)17-10-16(17)19(27)25-15-6-4-14(5-7-15)21(22,23)24/h4-9,16-17H,10H2,1-3H3,(H,25,27)(H,26,28). The Morgan fingerprint density at radius 1 is 0.893 bits per heavy atom. The summed E-state index contributed by atoms with van der Waals surface area (Å²) in [4.78, 5) is 24.8. The van der Waals surface area contributed by atoms with Gasteiger partial charge in [-0.3, -0.25) is 9.59 Å². The molecule has 28 heavy (non-hydrogen) atoms. The summed E-state index contributed by atoms with van der Waals surface area (Å²) in [5, 5.41) is 5.47. The highest BCUT2D eigenvalue weighted by molar-refractivity contribution is 6.03. The van der Waals surface area contributed by atoms with Gasteiger partial charge in [0.15, 0.2) is 0 Å². The van der Waals surface area contributed by atoms with Gasteiger partial charge in [0.2, 0.25) is 11.8 Å². The van der Waals surface area contributed by atoms with E-state index >= 15 is 0 Å². The lowest BCUT2D eigenvalue weighted by Crippen LogP contribution is -2.21. The van der Waals surface area contributed by atoms with Crippen LogP contribution in [0.3, 0.4) is 0 Å². The van der Waals surface area contributed by atoms with E-state index in [2.05, 4.69) is 10.6 Å². The maximum atomic E-state index is 12.6. The first kappa shape index (κ1) is 19.9. The molecule has 1 aliphatic carbocycles. The lowest BCUT2D eigenvalue weighted by atomic mass is 10.0. The van der Waals surface area contributed by atoms with Crippen molar-refractivity contribution in [1.29, 1.82) is 0 Å². The van der Waals surface area contributed by atoms with E-state index in [1.807, 2.05) is 32.9 Å². The zero-order valence-electron chi connectivity index (χ0n) is 15.8. The molecule has 0 spiro atoms. The van der Waals surface area contributed by atoms with Gasteiger partial charge < -0.3 is 10.6 Å². The predicted octanol–water partition coefficient (Wildman–Crippen LogP) is 4.84. The molecule has 2 N–H and O–H groups in total. The summed E-state index contributed by atoms with van der Waals surface area (Å²) < 4.78 is 37.8. The van der Waals surface area contributed by atoms with Crippen molar-refractivity contribution in [2.75, 3.05) is 10.6 Å². The summed E-state index contributed by atoms with van der Waals surface area (Å²) >= 11 is 0. The number of aryl methyl sites for hydroxylation is 3. The first-order valence-electron chi connectivity index (χ1n) is 8.93. The van der Waals surface area contributed by atoms with Crippen molar-refractivity contribution < 1.29 is 22.8 Å². The molecule has 148 valence electrons. The van der Waals surface area contributed by atoms with Crippen molar-refractivity contribution in [2.24, 2.45) is 11.8 Å². The van der Waals surface area contributed by atoms with Gasteiger partial charge >= 0.3 is 6.18 Å². The maximum absolute atomic E-state index is 12.6. The molecule has 0 radical (unpaired) electrons. The average Bonchev–Trinajstić information content (AvgIpc) is 3.38. The van der Waals surface area contributed by atoms with Crippen LogP contribution in [0.5, 0.6) is 0 Å². The van der Waals surface area contributed by atoms with Gasteiger partial charge in [-0.25, -0.2) is 0 Å². The molecular formula is C21H21F3N2O2. The van der Waals surface area contributed by atoms with Crippen LogP contribution in [0.2, 0.25) is 0 Å². The van der Waals surface area contributed by atoms with Gasteiger partial charge in [0.1, 0.15) is 0 Å². The van der Waals surface area contributed by atoms with Crippen LogP contribution in [0.1, 0.15) is 28.7 Å². The topological polar surface area (TPSA) is 58.2 Å². The SMILES string of the molecule is Cc1cc(C)c(NC(=O)C2CC2C(=O)Nc2ccc(C(F)(F)F)cc2)c(C)c1. The molecule has 3 rings (SSSR count). The molecule has 2 aromatic carbocycles. The third-order valence-corrected chi connectivity index (χ3v) is 4.87. The quantitative estimate of drug-likeness (QED) is 0.785. The Morgan fingerprint density at radius 3 is 1.89 bits per heavy atom. The predicted molar refractivity (Wildman–Crippen MR) is 101 cm³/mol. The Balaban J connectivity index is 1.59. The molecule has 0 heterocycles. The zero-order valence-corrected chi connectivity index (χ0v) is 15.8. The van der Waals surface area contributed by atoms with Crippen LogP contribution in [0.4, 0.5) is 24.5 Å². The molecule has 4 nitrogen and oxygen atoms in total. The molecule has 2 aromatic rings. The number of benzene rings is 2. The van der Waals surface area contributed by atoms with Gasteiger partial charge in [-0.15, -0.1) is 0 Å². The number of amides is 2. The monoisotopic (exact) mass is 390 g/mol. The average molecular weight is 390 g/mol. The van der Waals surface area contributed by atoms with Crippen molar-refractivity contribution in [3.63, 3.8) is 0 Å². The first-order chi connectivity index (χ1) is 13.1. The minimum Gasteiger partial charge on any atom is -0.326 e. The van der Waals surface area contributed by atoms with E-state index in [1.165, 1.54) is 12.1 Å². The van der Waals surface area contributed by atoms with E-state index in [9.17, 15) is 22.8 Å². The van der Waals surface area contributed by atoms with Gasteiger partial charge in [-0.2, -0.15) is 13.2 Å². The smallest absolute Gasteiger partial charge is 0.326 e. The Kier molecular flexibility index (Phi) is 5.19. The molecular weight excluding hydrogens is 369 g/mol. The largest absolute Gasteiger partial charge is 0.416 e. The number of hydrogen-bond acceptors (Lipinski definition) is 2. The molecule has 7 heteroatoms. The van der Waals surface area contributed by atoms with Gasteiger partial charge in [0.05, 0.1) is 17.4 Å². The normalized spacial score (nSPS) is 18.5. The molecule has 0 aliphatic heterocycles. The number of hydrogen-bond donors (Lipinski definition) is 2. The van der Waals surface area contributed by atoms with E-state index in [4.69, 9.17) is 0 Å². The van der Waals surface area contributed by atoms with E-state index in [1.54, 1.807) is 0 Å². The number of carbonyl (C=O) groups is 2. The second-order valence-corrected chi connectivity index (χ2v) is 7.28. The van der Waals surface area contributed by atoms with E-state index < -0.39 is 23.6 Å². The van der Waals surface area contributed by atoms with E-state index in [0.717, 1.165) is 34.5 Å². The van der Waals surface area contributed by atoms with Gasteiger partial charge in [-0.05, 0) is 62.6 Å². The van der Waals surface area contributed by atoms with E-state index in [0.29, 0.717) is 6.42 Å². The highest BCUT2D eigenvalue weighted by Gasteiger charge is 2.48. The minimum absolute atomic E-state index is 0.220. The second kappa shape index (κ2) is 7.30. The van der Waals surface area contributed by atoms with Crippen LogP contribution in [0, 0.1) is 32.6 Å². The minimum atomic E-state index is -4.42. The number of alkyl halides is 3. The van der Waals surface area contributed by atoms with Crippen LogP contribution < -0.4 is 10.6 Å². The molecule has 2 atom stereocenters. The third-order valence-electron chi connectivity index (χ3n) is 4.87. The second-order valence-electron chi connectivity index (χ2n) is 7.28. The zero-order chi connectivity index (χ0) is 20.6. The fourth-order valence-electron chi connectivity index (χ4n) is 3.35. The Bertz CT molecular complexity index is 897. The summed E-state index contributed by atoms with van der Waals surface area (Å²) in [5.41, 5.74) is 3.26. The number of carbonyl (C=O) groups excluding carboxylic acids is 2. The molecule has 1 saturated carbocycles. The van der Waals surface area contributed by atoms with Crippen LogP contribution in [0.15, 0.2) is 36.4 Å². The van der Waals surface area contributed by atoms with Crippen molar-refractivity contribution in [2.45, 2.75) is 33.4 Å². The summed E-state index contributed by atoms with van der Waals surface area (Å²) in [6, 6.07) is 8.19. The number of halogens is 3. The lowest BCUT2D eigenvalue weighted by molar-refractivity contribution is -0.137. The van der Waals surface area contributed by atoms with Crippen LogP contribution in [-0.4, -0.2) is 11.8 Å². The summed E-state index contributed by atoms with van der Waals surface area (Å²) in [5.74, 6) is -1.50. The number of nitrogens with one attached hydrogen (secondary N) is 2. The van der Waals surface area contributed by atoms with Crippen molar-refractivity contribution in [3.05, 3.63) is 58.7 Å². The lowest BCUT2D eigenvalue weighted by Gasteiger charge is -2.13. The molecule has 2 unspecified atom stereocenters. The highest BCUT2D eigenvalue weighted by Crippen LogP contribution is 2.41. The van der Waals surface area contributed by atoms with Crippen molar-refractivity contribution >= 4 is 23.2 Å². The number of anilines is 2. The van der Waals surface area contributed by atoms with E-state index in [-0.39, 0.29) is 17.5 Å². The summed E-state index contributed by atoms with van der Waals surface area (Å²) in [7, 11) is 0. The molecule has 1 aliphatic rings. The molecule has 2 amide bonds. The van der Waals surface area contributed by atoms with Crippen molar-refractivity contribution in [3.8, 4) is 0 Å². The van der Waals surface area contributed by atoms with Gasteiger partial charge in [-0.1, -0.05) is 17.7 Å². The maximum Gasteiger partial charge on any atom is 0.416 e. The third kappa shape index (κ3) is 4.35. The Labute approximate surface area is 161 Å². The van der Waals surface area contributed by atoms with Crippen LogP contribution >= 0.6 is 0 Å². The summed E-state index contributed by atoms with van der Waals surface area (Å²) in [6.45, 7) is 5.81.